The van der Waals surface area contributed by atoms with E-state index in [2.05, 4.69) is 20.5 Å². The standard InChI is InChI=1S/C14H14N4O4S/c19-11(15-9-4-2-1-3-5-9)8-23-14-16-13(22)10(17-18-14)6-7-12(20)21/h1-5H,6-8H2,(H,15,19)(H,20,21)(H,16,18,22)/p-1. The van der Waals surface area contributed by atoms with Crippen LogP contribution in [0.1, 0.15) is 12.1 Å². The van der Waals surface area contributed by atoms with E-state index in [0.29, 0.717) is 5.69 Å². The number of benzene rings is 1. The highest BCUT2D eigenvalue weighted by molar-refractivity contribution is 7.99. The molecule has 1 heterocycles. The lowest BCUT2D eigenvalue weighted by Gasteiger charge is -2.05. The Kier molecular flexibility index (Phi) is 5.87. The number of rotatable bonds is 7. The number of carbonyl (C=O) groups is 2. The molecular weight excluding hydrogens is 320 g/mol. The molecule has 0 saturated heterocycles. The van der Waals surface area contributed by atoms with E-state index in [4.69, 9.17) is 0 Å². The zero-order chi connectivity index (χ0) is 16.7. The number of hydrogen-bond donors (Lipinski definition) is 2. The zero-order valence-electron chi connectivity index (χ0n) is 11.9. The molecule has 0 unspecified atom stereocenters. The summed E-state index contributed by atoms with van der Waals surface area (Å²) in [5.41, 5.74) is 0.176. The number of H-pyrrole nitrogens is 1. The number of nitrogens with one attached hydrogen (secondary N) is 2. The largest absolute Gasteiger partial charge is 0.550 e. The summed E-state index contributed by atoms with van der Waals surface area (Å²) in [6.07, 6.45) is -0.353. The molecule has 0 spiro atoms. The average Bonchev–Trinajstić information content (AvgIpc) is 2.53. The number of nitrogens with zero attached hydrogens (tertiary/aromatic N) is 2. The summed E-state index contributed by atoms with van der Waals surface area (Å²) in [7, 11) is 0. The fraction of sp³-hybridized carbons (Fsp3) is 0.214. The molecule has 2 rings (SSSR count). The van der Waals surface area contributed by atoms with Gasteiger partial charge in [-0.25, -0.2) is 0 Å². The maximum Gasteiger partial charge on any atom is 0.273 e. The molecule has 1 aromatic carbocycles. The third kappa shape index (κ3) is 5.55. The van der Waals surface area contributed by atoms with Crippen LogP contribution in [0.5, 0.6) is 0 Å². The highest BCUT2D eigenvalue weighted by atomic mass is 32.2. The van der Waals surface area contributed by atoms with Gasteiger partial charge in [-0.3, -0.25) is 14.6 Å². The van der Waals surface area contributed by atoms with Gasteiger partial charge in [-0.15, -0.1) is 10.2 Å². The summed E-state index contributed by atoms with van der Waals surface area (Å²) < 4.78 is 0. The molecule has 0 bridgehead atoms. The van der Waals surface area contributed by atoms with E-state index in [9.17, 15) is 19.5 Å². The van der Waals surface area contributed by atoms with E-state index in [1.807, 2.05) is 6.07 Å². The van der Waals surface area contributed by atoms with Crippen molar-refractivity contribution in [2.24, 2.45) is 0 Å². The Bertz CT molecular complexity index is 748. The van der Waals surface area contributed by atoms with Gasteiger partial charge in [0.05, 0.1) is 5.75 Å². The van der Waals surface area contributed by atoms with Crippen molar-refractivity contribution in [3.8, 4) is 0 Å². The van der Waals surface area contributed by atoms with Crippen LogP contribution in [-0.4, -0.2) is 32.8 Å². The summed E-state index contributed by atoms with van der Waals surface area (Å²) in [6.45, 7) is 0. The fourth-order valence-corrected chi connectivity index (χ4v) is 2.25. The molecule has 23 heavy (non-hydrogen) atoms. The van der Waals surface area contributed by atoms with Crippen LogP contribution in [0.25, 0.3) is 0 Å². The van der Waals surface area contributed by atoms with Gasteiger partial charge < -0.3 is 15.2 Å². The number of aliphatic carboxylic acids is 1. The second-order valence-corrected chi connectivity index (χ2v) is 5.44. The number of para-hydroxylation sites is 1. The quantitative estimate of drug-likeness (QED) is 0.658. The van der Waals surface area contributed by atoms with Crippen molar-refractivity contribution in [1.29, 1.82) is 0 Å². The molecule has 0 aliphatic carbocycles. The van der Waals surface area contributed by atoms with E-state index in [1.54, 1.807) is 24.3 Å². The van der Waals surface area contributed by atoms with Crippen molar-refractivity contribution in [3.05, 3.63) is 46.4 Å². The van der Waals surface area contributed by atoms with Gasteiger partial charge in [-0.05, 0) is 18.6 Å². The topological polar surface area (TPSA) is 128 Å². The van der Waals surface area contributed by atoms with Gasteiger partial charge in [0.15, 0.2) is 5.16 Å². The first-order chi connectivity index (χ1) is 11.0. The molecule has 0 atom stereocenters. The molecule has 8 nitrogen and oxygen atoms in total. The number of carboxylic acid groups (broad SMARTS) is 1. The fourth-order valence-electron chi connectivity index (χ4n) is 1.65. The molecule has 2 N–H and O–H groups in total. The lowest BCUT2D eigenvalue weighted by molar-refractivity contribution is -0.305. The Morgan fingerprint density at radius 3 is 2.61 bits per heavy atom. The second kappa shape index (κ2) is 8.08. The first-order valence-corrected chi connectivity index (χ1v) is 7.66. The van der Waals surface area contributed by atoms with Crippen LogP contribution in [0.4, 0.5) is 5.69 Å². The number of carbonyl (C=O) groups excluding carboxylic acids is 2. The summed E-state index contributed by atoms with van der Waals surface area (Å²) in [4.78, 5) is 36.3. The lowest BCUT2D eigenvalue weighted by atomic mass is 10.2. The normalized spacial score (nSPS) is 10.3. The van der Waals surface area contributed by atoms with E-state index < -0.39 is 11.5 Å². The van der Waals surface area contributed by atoms with Crippen LogP contribution in [0.3, 0.4) is 0 Å². The molecule has 0 aliphatic heterocycles. The Morgan fingerprint density at radius 1 is 1.22 bits per heavy atom. The van der Waals surface area contributed by atoms with Crippen LogP contribution >= 0.6 is 11.8 Å². The highest BCUT2D eigenvalue weighted by Gasteiger charge is 2.08. The molecule has 0 saturated carbocycles. The summed E-state index contributed by atoms with van der Waals surface area (Å²) in [5.74, 6) is -1.45. The molecule has 0 radical (unpaired) electrons. The van der Waals surface area contributed by atoms with Gasteiger partial charge in [-0.1, -0.05) is 30.0 Å². The van der Waals surface area contributed by atoms with E-state index in [0.717, 1.165) is 11.8 Å². The van der Waals surface area contributed by atoms with Crippen molar-refractivity contribution in [2.45, 2.75) is 18.0 Å². The third-order valence-electron chi connectivity index (χ3n) is 2.71. The number of anilines is 1. The molecule has 2 aromatic rings. The predicted molar refractivity (Wildman–Crippen MR) is 81.8 cm³/mol. The van der Waals surface area contributed by atoms with Crippen molar-refractivity contribution in [1.82, 2.24) is 15.2 Å². The number of aromatic amines is 1. The van der Waals surface area contributed by atoms with Gasteiger partial charge in [0, 0.05) is 18.1 Å². The average molecular weight is 333 g/mol. The monoisotopic (exact) mass is 333 g/mol. The van der Waals surface area contributed by atoms with Gasteiger partial charge in [-0.2, -0.15) is 0 Å². The van der Waals surface area contributed by atoms with Gasteiger partial charge in [0.2, 0.25) is 5.91 Å². The van der Waals surface area contributed by atoms with Gasteiger partial charge in [0.25, 0.3) is 5.56 Å². The van der Waals surface area contributed by atoms with Gasteiger partial charge >= 0.3 is 0 Å². The Balaban J connectivity index is 1.88. The van der Waals surface area contributed by atoms with Crippen LogP contribution in [0, 0.1) is 0 Å². The van der Waals surface area contributed by atoms with Crippen LogP contribution in [0.15, 0.2) is 40.3 Å². The lowest BCUT2D eigenvalue weighted by Crippen LogP contribution is -2.25. The maximum absolute atomic E-state index is 11.8. The first kappa shape index (κ1) is 16.7. The third-order valence-corrected chi connectivity index (χ3v) is 3.57. The molecule has 1 aromatic heterocycles. The van der Waals surface area contributed by atoms with Crippen molar-refractivity contribution in [3.63, 3.8) is 0 Å². The molecule has 120 valence electrons. The zero-order valence-corrected chi connectivity index (χ0v) is 12.8. The molecular formula is C14H13N4O4S-. The van der Waals surface area contributed by atoms with Crippen molar-refractivity contribution >= 4 is 29.3 Å². The van der Waals surface area contributed by atoms with E-state index >= 15 is 0 Å². The van der Waals surface area contributed by atoms with E-state index in [1.165, 1.54) is 0 Å². The molecule has 0 fully saturated rings. The molecule has 0 aliphatic rings. The van der Waals surface area contributed by atoms with Crippen LogP contribution in [0.2, 0.25) is 0 Å². The number of carboxylic acids is 1. The van der Waals surface area contributed by atoms with Crippen molar-refractivity contribution < 1.29 is 14.7 Å². The maximum atomic E-state index is 11.8. The molecule has 9 heteroatoms. The highest BCUT2D eigenvalue weighted by Crippen LogP contribution is 2.11. The Labute approximate surface area is 135 Å². The van der Waals surface area contributed by atoms with Crippen molar-refractivity contribution in [2.75, 3.05) is 11.1 Å². The Hall–Kier alpha value is -2.68. The number of aryl methyl sites for hydroxylation is 1. The number of thioether (sulfide) groups is 1. The SMILES string of the molecule is O=C([O-])CCc1nnc(SCC(=O)Nc2ccccc2)[nH]c1=O. The summed E-state index contributed by atoms with van der Waals surface area (Å²) >= 11 is 1.03. The number of hydrogen-bond acceptors (Lipinski definition) is 7. The number of amides is 1. The number of aromatic nitrogens is 3. The molecule has 1 amide bonds. The van der Waals surface area contributed by atoms with Crippen LogP contribution in [-0.2, 0) is 16.0 Å². The summed E-state index contributed by atoms with van der Waals surface area (Å²) in [6, 6.07) is 8.97. The van der Waals surface area contributed by atoms with Gasteiger partial charge in [0.1, 0.15) is 5.69 Å². The Morgan fingerprint density at radius 2 is 1.96 bits per heavy atom. The first-order valence-electron chi connectivity index (χ1n) is 6.68. The minimum atomic E-state index is -1.26. The minimum Gasteiger partial charge on any atom is -0.550 e. The minimum absolute atomic E-state index is 0.0206. The van der Waals surface area contributed by atoms with Crippen LogP contribution < -0.4 is 16.0 Å². The predicted octanol–water partition coefficient (Wildman–Crippen LogP) is -0.422. The smallest absolute Gasteiger partial charge is 0.273 e. The van der Waals surface area contributed by atoms with E-state index in [-0.39, 0.29) is 35.4 Å². The summed E-state index contributed by atoms with van der Waals surface area (Å²) in [5, 5.41) is 20.7. The second-order valence-electron chi connectivity index (χ2n) is 4.48.